The lowest BCUT2D eigenvalue weighted by Gasteiger charge is -2.05. The number of para-hydroxylation sites is 1. The number of aldehydes is 1. The minimum Gasteiger partial charge on any atom is -0.384 e. The number of rotatable bonds is 2. The Kier molecular flexibility index (Phi) is 2.25. The Balaban J connectivity index is 2.63. The van der Waals surface area contributed by atoms with E-state index in [1.807, 2.05) is 19.1 Å². The Morgan fingerprint density at radius 2 is 2.13 bits per heavy atom. The van der Waals surface area contributed by atoms with E-state index in [2.05, 4.69) is 5.10 Å². The fraction of sp³-hybridized carbons (Fsp3) is 0.0909. The molecule has 0 bridgehead atoms. The third-order valence-corrected chi connectivity index (χ3v) is 2.15. The molecule has 0 spiro atoms. The van der Waals surface area contributed by atoms with Crippen molar-refractivity contribution in [1.29, 1.82) is 0 Å². The molecule has 0 amide bonds. The number of nitrogens with zero attached hydrogens (tertiary/aromatic N) is 2. The number of aryl methyl sites for hydroxylation is 1. The highest BCUT2D eigenvalue weighted by atomic mass is 16.1. The molecule has 1 heterocycles. The van der Waals surface area contributed by atoms with Gasteiger partial charge in [0.15, 0.2) is 6.29 Å². The Hall–Kier alpha value is -2.10. The average molecular weight is 201 g/mol. The third-order valence-electron chi connectivity index (χ3n) is 2.15. The first-order chi connectivity index (χ1) is 7.22. The summed E-state index contributed by atoms with van der Waals surface area (Å²) in [5, 5.41) is 4.22. The van der Waals surface area contributed by atoms with Crippen LogP contribution in [-0.2, 0) is 0 Å². The molecule has 0 aliphatic rings. The molecular formula is C11H11N3O. The molecule has 0 aliphatic carbocycles. The van der Waals surface area contributed by atoms with Crippen molar-refractivity contribution in [3.05, 3.63) is 41.6 Å². The highest BCUT2D eigenvalue weighted by Crippen LogP contribution is 2.16. The number of benzene rings is 1. The summed E-state index contributed by atoms with van der Waals surface area (Å²) < 4.78 is 1.57. The predicted octanol–water partition coefficient (Wildman–Crippen LogP) is 1.58. The molecule has 4 nitrogen and oxygen atoms in total. The fourth-order valence-electron chi connectivity index (χ4n) is 1.49. The van der Waals surface area contributed by atoms with Gasteiger partial charge in [-0.1, -0.05) is 12.1 Å². The molecule has 15 heavy (non-hydrogen) atoms. The van der Waals surface area contributed by atoms with Crippen LogP contribution in [0.2, 0.25) is 0 Å². The van der Waals surface area contributed by atoms with Crippen LogP contribution in [0.1, 0.15) is 16.1 Å². The smallest absolute Gasteiger partial charge is 0.152 e. The van der Waals surface area contributed by atoms with Crippen LogP contribution < -0.4 is 5.73 Å². The summed E-state index contributed by atoms with van der Waals surface area (Å²) in [5.74, 6) is 0.529. The van der Waals surface area contributed by atoms with Gasteiger partial charge in [0.1, 0.15) is 5.82 Å². The number of hydrogen-bond acceptors (Lipinski definition) is 3. The second kappa shape index (κ2) is 3.57. The van der Waals surface area contributed by atoms with E-state index in [0.717, 1.165) is 12.0 Å². The standard InChI is InChI=1S/C11H11N3O/c1-8-6-11(12)14(13-8)10-5-3-2-4-9(10)7-15/h2-7H,12H2,1H3. The van der Waals surface area contributed by atoms with Gasteiger partial charge in [-0.25, -0.2) is 4.68 Å². The maximum Gasteiger partial charge on any atom is 0.152 e. The molecule has 2 N–H and O–H groups in total. The quantitative estimate of drug-likeness (QED) is 0.750. The summed E-state index contributed by atoms with van der Waals surface area (Å²) >= 11 is 0. The van der Waals surface area contributed by atoms with Crippen LogP contribution in [0.5, 0.6) is 0 Å². The molecule has 2 aromatic rings. The van der Waals surface area contributed by atoms with Crippen LogP contribution in [-0.4, -0.2) is 16.1 Å². The zero-order valence-corrected chi connectivity index (χ0v) is 8.34. The molecule has 1 aromatic heterocycles. The number of carbonyl (C=O) groups is 1. The van der Waals surface area contributed by atoms with E-state index in [0.29, 0.717) is 17.1 Å². The highest BCUT2D eigenvalue weighted by molar-refractivity contribution is 5.81. The van der Waals surface area contributed by atoms with Crippen LogP contribution in [0.4, 0.5) is 5.82 Å². The summed E-state index contributed by atoms with van der Waals surface area (Å²) in [4.78, 5) is 10.8. The van der Waals surface area contributed by atoms with Crippen LogP contribution in [0.25, 0.3) is 5.69 Å². The minimum absolute atomic E-state index is 0.529. The second-order valence-electron chi connectivity index (χ2n) is 3.30. The van der Waals surface area contributed by atoms with Crippen molar-refractivity contribution in [2.45, 2.75) is 6.92 Å². The lowest BCUT2D eigenvalue weighted by atomic mass is 10.2. The van der Waals surface area contributed by atoms with Crippen LogP contribution in [0.15, 0.2) is 30.3 Å². The van der Waals surface area contributed by atoms with E-state index >= 15 is 0 Å². The van der Waals surface area contributed by atoms with Gasteiger partial charge in [-0.15, -0.1) is 0 Å². The van der Waals surface area contributed by atoms with E-state index < -0.39 is 0 Å². The van der Waals surface area contributed by atoms with Gasteiger partial charge < -0.3 is 5.73 Å². The Labute approximate surface area is 87.3 Å². The van der Waals surface area contributed by atoms with Crippen molar-refractivity contribution in [3.63, 3.8) is 0 Å². The monoisotopic (exact) mass is 201 g/mol. The molecule has 0 unspecified atom stereocenters. The first-order valence-electron chi connectivity index (χ1n) is 4.59. The maximum absolute atomic E-state index is 10.8. The first-order valence-corrected chi connectivity index (χ1v) is 4.59. The van der Waals surface area contributed by atoms with Crippen molar-refractivity contribution in [3.8, 4) is 5.69 Å². The van der Waals surface area contributed by atoms with Gasteiger partial charge in [0.05, 0.1) is 11.4 Å². The molecule has 0 fully saturated rings. The van der Waals surface area contributed by atoms with Gasteiger partial charge in [0.2, 0.25) is 0 Å². The molecule has 2 rings (SSSR count). The molecule has 76 valence electrons. The van der Waals surface area contributed by atoms with Gasteiger partial charge in [-0.05, 0) is 19.1 Å². The maximum atomic E-state index is 10.8. The van der Waals surface area contributed by atoms with Gasteiger partial charge in [0.25, 0.3) is 0 Å². The van der Waals surface area contributed by atoms with Crippen molar-refractivity contribution < 1.29 is 4.79 Å². The van der Waals surface area contributed by atoms with E-state index in [1.165, 1.54) is 0 Å². The fourth-order valence-corrected chi connectivity index (χ4v) is 1.49. The zero-order valence-electron chi connectivity index (χ0n) is 8.34. The summed E-state index contributed by atoms with van der Waals surface area (Å²) in [5.41, 5.74) is 7.89. The predicted molar refractivity (Wildman–Crippen MR) is 58.1 cm³/mol. The summed E-state index contributed by atoms with van der Waals surface area (Å²) in [6.07, 6.45) is 0.797. The minimum atomic E-state index is 0.529. The molecule has 4 heteroatoms. The molecule has 1 aromatic carbocycles. The second-order valence-corrected chi connectivity index (χ2v) is 3.30. The number of hydrogen-bond donors (Lipinski definition) is 1. The number of nitrogen functional groups attached to an aromatic ring is 1. The van der Waals surface area contributed by atoms with Crippen molar-refractivity contribution in [2.75, 3.05) is 5.73 Å². The normalized spacial score (nSPS) is 10.2. The number of nitrogens with two attached hydrogens (primary N) is 1. The molecule has 0 aliphatic heterocycles. The Bertz CT molecular complexity index is 502. The zero-order chi connectivity index (χ0) is 10.8. The van der Waals surface area contributed by atoms with Crippen molar-refractivity contribution >= 4 is 12.1 Å². The average Bonchev–Trinajstić information content (AvgIpc) is 2.57. The summed E-state index contributed by atoms with van der Waals surface area (Å²) in [6, 6.07) is 8.96. The Morgan fingerprint density at radius 1 is 1.40 bits per heavy atom. The number of carbonyl (C=O) groups excluding carboxylic acids is 1. The van der Waals surface area contributed by atoms with Gasteiger partial charge in [0, 0.05) is 11.6 Å². The van der Waals surface area contributed by atoms with Gasteiger partial charge in [-0.2, -0.15) is 5.10 Å². The SMILES string of the molecule is Cc1cc(N)n(-c2ccccc2C=O)n1. The van der Waals surface area contributed by atoms with Crippen LogP contribution in [0.3, 0.4) is 0 Å². The van der Waals surface area contributed by atoms with E-state index in [1.54, 1.807) is 22.9 Å². The summed E-state index contributed by atoms with van der Waals surface area (Å²) in [6.45, 7) is 1.86. The largest absolute Gasteiger partial charge is 0.384 e. The van der Waals surface area contributed by atoms with Crippen molar-refractivity contribution in [1.82, 2.24) is 9.78 Å². The topological polar surface area (TPSA) is 60.9 Å². The molecule has 0 saturated carbocycles. The van der Waals surface area contributed by atoms with E-state index in [-0.39, 0.29) is 0 Å². The lowest BCUT2D eigenvalue weighted by Crippen LogP contribution is -2.04. The molecular weight excluding hydrogens is 190 g/mol. The number of anilines is 1. The van der Waals surface area contributed by atoms with Gasteiger partial charge >= 0.3 is 0 Å². The molecule has 0 saturated heterocycles. The number of aromatic nitrogens is 2. The van der Waals surface area contributed by atoms with Crippen LogP contribution >= 0.6 is 0 Å². The molecule has 0 radical (unpaired) electrons. The highest BCUT2D eigenvalue weighted by Gasteiger charge is 2.07. The third kappa shape index (κ3) is 1.61. The summed E-state index contributed by atoms with van der Waals surface area (Å²) in [7, 11) is 0. The molecule has 0 atom stereocenters. The Morgan fingerprint density at radius 3 is 2.73 bits per heavy atom. The lowest BCUT2D eigenvalue weighted by molar-refractivity contribution is 0.112. The van der Waals surface area contributed by atoms with E-state index in [9.17, 15) is 4.79 Å². The first kappa shape index (κ1) is 9.45. The van der Waals surface area contributed by atoms with Crippen LogP contribution in [0, 0.1) is 6.92 Å². The van der Waals surface area contributed by atoms with Crippen molar-refractivity contribution in [2.24, 2.45) is 0 Å². The van der Waals surface area contributed by atoms with E-state index in [4.69, 9.17) is 5.73 Å². The van der Waals surface area contributed by atoms with Gasteiger partial charge in [-0.3, -0.25) is 4.79 Å².